The molecule has 0 aliphatic rings. The van der Waals surface area contributed by atoms with Crippen molar-refractivity contribution in [3.8, 4) is 0 Å². The summed E-state index contributed by atoms with van der Waals surface area (Å²) >= 11 is 0. The molecule has 0 unspecified atom stereocenters. The van der Waals surface area contributed by atoms with Crippen LogP contribution in [0.25, 0.3) is 5.57 Å². The first kappa shape index (κ1) is 15.0. The maximum Gasteiger partial charge on any atom is -0.0228 e. The third-order valence-electron chi connectivity index (χ3n) is 3.54. The smallest absolute Gasteiger partial charge is 0.0228 e. The van der Waals surface area contributed by atoms with Crippen molar-refractivity contribution in [1.29, 1.82) is 0 Å². The Morgan fingerprint density at radius 1 is 0.889 bits per heavy atom. The summed E-state index contributed by atoms with van der Waals surface area (Å²) in [5.41, 5.74) is 2.90. The van der Waals surface area contributed by atoms with Gasteiger partial charge in [-0.2, -0.15) is 0 Å². The lowest BCUT2D eigenvalue weighted by atomic mass is 9.99. The molecule has 0 heterocycles. The van der Waals surface area contributed by atoms with Crippen LogP contribution < -0.4 is 0 Å². The molecule has 0 aliphatic carbocycles. The molecule has 0 bridgehead atoms. The molecule has 18 heavy (non-hydrogen) atoms. The molecule has 0 N–H and O–H groups in total. The van der Waals surface area contributed by atoms with E-state index in [1.54, 1.807) is 0 Å². The first-order chi connectivity index (χ1) is 8.88. The number of unbranched alkanes of at least 4 members (excludes halogenated alkanes) is 6. The second-order valence-electron chi connectivity index (χ2n) is 5.05. The Balaban J connectivity index is 2.18. The van der Waals surface area contributed by atoms with Crippen LogP contribution in [0.4, 0.5) is 0 Å². The fraction of sp³-hybridized carbons (Fsp3) is 0.556. The van der Waals surface area contributed by atoms with Crippen LogP contribution in [0, 0.1) is 0 Å². The third-order valence-corrected chi connectivity index (χ3v) is 3.54. The van der Waals surface area contributed by atoms with Crippen LogP contribution in [0.5, 0.6) is 0 Å². The molecule has 0 aromatic heterocycles. The van der Waals surface area contributed by atoms with Gasteiger partial charge >= 0.3 is 0 Å². The van der Waals surface area contributed by atoms with Gasteiger partial charge in [-0.15, -0.1) is 0 Å². The van der Waals surface area contributed by atoms with Crippen molar-refractivity contribution in [3.05, 3.63) is 42.0 Å². The van der Waals surface area contributed by atoms with Crippen molar-refractivity contribution in [1.82, 2.24) is 0 Å². The van der Waals surface area contributed by atoms with Crippen LogP contribution in [0.2, 0.25) is 0 Å². The van der Waals surface area contributed by atoms with Gasteiger partial charge in [0.15, 0.2) is 0 Å². The maximum atomic E-state index is 2.28. The molecular weight excluding hydrogens is 216 g/mol. The summed E-state index contributed by atoms with van der Waals surface area (Å²) in [7, 11) is 0. The zero-order valence-electron chi connectivity index (χ0n) is 12.1. The fourth-order valence-corrected chi connectivity index (χ4v) is 2.38. The Morgan fingerprint density at radius 3 is 2.11 bits per heavy atom. The highest BCUT2D eigenvalue weighted by Gasteiger charge is 1.99. The van der Waals surface area contributed by atoms with E-state index in [4.69, 9.17) is 0 Å². The molecule has 0 spiro atoms. The first-order valence-corrected chi connectivity index (χ1v) is 7.59. The van der Waals surface area contributed by atoms with Gasteiger partial charge in [-0.05, 0) is 30.9 Å². The van der Waals surface area contributed by atoms with Crippen LogP contribution in [-0.4, -0.2) is 0 Å². The van der Waals surface area contributed by atoms with Gasteiger partial charge in [0.25, 0.3) is 0 Å². The minimum atomic E-state index is 1.23. The van der Waals surface area contributed by atoms with Crippen LogP contribution in [0.15, 0.2) is 36.4 Å². The van der Waals surface area contributed by atoms with E-state index in [9.17, 15) is 0 Å². The second kappa shape index (κ2) is 9.94. The van der Waals surface area contributed by atoms with E-state index in [0.29, 0.717) is 0 Å². The van der Waals surface area contributed by atoms with Gasteiger partial charge in [0.05, 0.1) is 0 Å². The number of benzene rings is 1. The van der Waals surface area contributed by atoms with E-state index >= 15 is 0 Å². The molecule has 0 nitrogen and oxygen atoms in total. The molecule has 0 saturated heterocycles. The van der Waals surface area contributed by atoms with Crippen LogP contribution in [-0.2, 0) is 0 Å². The largest absolute Gasteiger partial charge is 0.0838 e. The molecular formula is C18H28. The molecule has 100 valence electrons. The predicted octanol–water partition coefficient (Wildman–Crippen LogP) is 6.23. The molecule has 0 aliphatic heterocycles. The molecule has 1 aromatic rings. The number of rotatable bonds is 9. The van der Waals surface area contributed by atoms with Crippen molar-refractivity contribution in [2.24, 2.45) is 0 Å². The molecule has 0 saturated carbocycles. The van der Waals surface area contributed by atoms with E-state index in [0.717, 1.165) is 0 Å². The van der Waals surface area contributed by atoms with Crippen LogP contribution in [0.1, 0.15) is 70.8 Å². The van der Waals surface area contributed by atoms with Gasteiger partial charge in [0, 0.05) is 0 Å². The van der Waals surface area contributed by atoms with E-state index < -0.39 is 0 Å². The van der Waals surface area contributed by atoms with Crippen LogP contribution in [0.3, 0.4) is 0 Å². The molecule has 0 radical (unpaired) electrons. The number of hydrogen-bond donors (Lipinski definition) is 0. The summed E-state index contributed by atoms with van der Waals surface area (Å²) < 4.78 is 0. The van der Waals surface area contributed by atoms with Gasteiger partial charge in [-0.3, -0.25) is 0 Å². The lowest BCUT2D eigenvalue weighted by molar-refractivity contribution is 0.593. The lowest BCUT2D eigenvalue weighted by Crippen LogP contribution is -1.86. The number of allylic oxidation sites excluding steroid dienone is 2. The average molecular weight is 244 g/mol. The summed E-state index contributed by atoms with van der Waals surface area (Å²) in [6, 6.07) is 10.8. The van der Waals surface area contributed by atoms with E-state index in [2.05, 4.69) is 50.3 Å². The van der Waals surface area contributed by atoms with Crippen molar-refractivity contribution in [2.45, 2.75) is 65.2 Å². The Kier molecular flexibility index (Phi) is 8.29. The molecule has 1 aromatic carbocycles. The summed E-state index contributed by atoms with van der Waals surface area (Å²) in [5.74, 6) is 0. The van der Waals surface area contributed by atoms with Crippen molar-refractivity contribution in [2.75, 3.05) is 0 Å². The van der Waals surface area contributed by atoms with Gasteiger partial charge in [-0.1, -0.05) is 81.9 Å². The predicted molar refractivity (Wildman–Crippen MR) is 82.7 cm³/mol. The maximum absolute atomic E-state index is 2.28. The summed E-state index contributed by atoms with van der Waals surface area (Å²) in [6.07, 6.45) is 13.2. The SMILES string of the molecule is CC=C(CCCCCCCCC)c1ccccc1. The number of hydrogen-bond acceptors (Lipinski definition) is 0. The average Bonchev–Trinajstić information content (AvgIpc) is 2.43. The highest BCUT2D eigenvalue weighted by molar-refractivity contribution is 5.64. The van der Waals surface area contributed by atoms with Gasteiger partial charge in [-0.25, -0.2) is 0 Å². The topological polar surface area (TPSA) is 0 Å². The van der Waals surface area contributed by atoms with Crippen molar-refractivity contribution < 1.29 is 0 Å². The Labute approximate surface area is 113 Å². The Bertz CT molecular complexity index is 321. The first-order valence-electron chi connectivity index (χ1n) is 7.59. The van der Waals surface area contributed by atoms with E-state index in [1.807, 2.05) is 0 Å². The van der Waals surface area contributed by atoms with Gasteiger partial charge < -0.3 is 0 Å². The van der Waals surface area contributed by atoms with Gasteiger partial charge in [0.1, 0.15) is 0 Å². The molecule has 0 atom stereocenters. The quantitative estimate of drug-likeness (QED) is 0.452. The lowest BCUT2D eigenvalue weighted by Gasteiger charge is -2.07. The highest BCUT2D eigenvalue weighted by Crippen LogP contribution is 2.21. The summed E-state index contributed by atoms with van der Waals surface area (Å²) in [6.45, 7) is 4.43. The van der Waals surface area contributed by atoms with Crippen molar-refractivity contribution in [3.63, 3.8) is 0 Å². The standard InChI is InChI=1S/C18H28/c1-3-5-6-7-8-9-11-14-17(4-2)18-15-12-10-13-16-18/h4,10,12-13,15-16H,3,5-9,11,14H2,1-2H3. The van der Waals surface area contributed by atoms with Crippen LogP contribution >= 0.6 is 0 Å². The summed E-state index contributed by atoms with van der Waals surface area (Å²) in [5, 5.41) is 0. The third kappa shape index (κ3) is 6.05. The highest BCUT2D eigenvalue weighted by atomic mass is 14.0. The van der Waals surface area contributed by atoms with E-state index in [1.165, 1.54) is 62.5 Å². The zero-order valence-corrected chi connectivity index (χ0v) is 12.1. The minimum Gasteiger partial charge on any atom is -0.0838 e. The normalized spacial score (nSPS) is 11.8. The molecule has 1 rings (SSSR count). The van der Waals surface area contributed by atoms with E-state index in [-0.39, 0.29) is 0 Å². The van der Waals surface area contributed by atoms with Gasteiger partial charge in [0.2, 0.25) is 0 Å². The molecule has 0 heteroatoms. The Hall–Kier alpha value is -1.04. The fourth-order valence-electron chi connectivity index (χ4n) is 2.38. The zero-order chi connectivity index (χ0) is 13.1. The summed E-state index contributed by atoms with van der Waals surface area (Å²) in [4.78, 5) is 0. The second-order valence-corrected chi connectivity index (χ2v) is 5.05. The molecule has 0 amide bonds. The van der Waals surface area contributed by atoms with Crippen molar-refractivity contribution >= 4 is 5.57 Å². The molecule has 0 fully saturated rings. The minimum absolute atomic E-state index is 1.23. The monoisotopic (exact) mass is 244 g/mol. The Morgan fingerprint density at radius 2 is 1.50 bits per heavy atom.